The Morgan fingerprint density at radius 3 is 2.40 bits per heavy atom. The van der Waals surface area contributed by atoms with Crippen molar-refractivity contribution in [2.24, 2.45) is 10.2 Å². The van der Waals surface area contributed by atoms with Gasteiger partial charge in [-0.3, -0.25) is 4.79 Å². The van der Waals surface area contributed by atoms with E-state index < -0.39 is 12.0 Å². The topological polar surface area (TPSA) is 102 Å². The highest BCUT2D eigenvalue weighted by Crippen LogP contribution is 2.30. The number of methoxy groups -OCH3 is 1. The molecule has 0 radical (unpaired) electrons. The zero-order valence-electron chi connectivity index (χ0n) is 13.9. The lowest BCUT2D eigenvalue weighted by atomic mass is 10.2. The molecule has 7 heteroatoms. The number of hydrogen-bond donors (Lipinski definition) is 2. The summed E-state index contributed by atoms with van der Waals surface area (Å²) in [6.07, 6.45) is -0.768. The van der Waals surface area contributed by atoms with Crippen molar-refractivity contribution in [3.05, 3.63) is 48.5 Å². The lowest BCUT2D eigenvalue weighted by molar-refractivity contribution is -0.124. The van der Waals surface area contributed by atoms with Crippen LogP contribution in [0.15, 0.2) is 58.8 Å². The first kappa shape index (κ1) is 16.5. The van der Waals surface area contributed by atoms with Gasteiger partial charge in [0.1, 0.15) is 17.3 Å². The Morgan fingerprint density at radius 2 is 1.72 bits per heavy atom. The molecule has 0 saturated heterocycles. The SMILES string of the molecule is COc1ccc(O[C@@H](C)C(=O)N=Nc2[nH]c(N)c3ccccc23)cc1. The van der Waals surface area contributed by atoms with Crippen molar-refractivity contribution in [1.29, 1.82) is 0 Å². The monoisotopic (exact) mass is 338 g/mol. The molecule has 0 fully saturated rings. The quantitative estimate of drug-likeness (QED) is 0.690. The fourth-order valence-corrected chi connectivity index (χ4v) is 2.35. The maximum Gasteiger partial charge on any atom is 0.304 e. The maximum absolute atomic E-state index is 12.1. The van der Waals surface area contributed by atoms with Crippen molar-refractivity contribution in [2.45, 2.75) is 13.0 Å². The summed E-state index contributed by atoms with van der Waals surface area (Å²) in [5.74, 6) is 1.69. The van der Waals surface area contributed by atoms with Gasteiger partial charge >= 0.3 is 5.91 Å². The van der Waals surface area contributed by atoms with Crippen molar-refractivity contribution < 1.29 is 14.3 Å². The number of nitrogens with two attached hydrogens (primary N) is 1. The van der Waals surface area contributed by atoms with E-state index in [0.29, 0.717) is 23.1 Å². The molecule has 0 aliphatic heterocycles. The number of aromatic amines is 1. The number of fused-ring (bicyclic) bond motifs is 1. The second-order valence-electron chi connectivity index (χ2n) is 5.41. The van der Waals surface area contributed by atoms with Crippen LogP contribution in [0.1, 0.15) is 6.92 Å². The van der Waals surface area contributed by atoms with E-state index in [-0.39, 0.29) is 0 Å². The van der Waals surface area contributed by atoms with Gasteiger partial charge in [-0.25, -0.2) is 0 Å². The molecule has 0 spiro atoms. The van der Waals surface area contributed by atoms with Gasteiger partial charge in [0, 0.05) is 10.8 Å². The normalized spacial score (nSPS) is 12.4. The lowest BCUT2D eigenvalue weighted by Crippen LogP contribution is -2.21. The van der Waals surface area contributed by atoms with Crippen LogP contribution < -0.4 is 15.2 Å². The smallest absolute Gasteiger partial charge is 0.304 e. The van der Waals surface area contributed by atoms with Gasteiger partial charge in [-0.05, 0) is 31.2 Å². The second-order valence-corrected chi connectivity index (χ2v) is 5.41. The van der Waals surface area contributed by atoms with Gasteiger partial charge < -0.3 is 20.2 Å². The summed E-state index contributed by atoms with van der Waals surface area (Å²) in [5.41, 5.74) is 5.89. The van der Waals surface area contributed by atoms with Crippen LogP contribution >= 0.6 is 0 Å². The minimum absolute atomic E-state index is 0.443. The molecule has 1 atom stereocenters. The van der Waals surface area contributed by atoms with E-state index in [2.05, 4.69) is 15.2 Å². The van der Waals surface area contributed by atoms with Gasteiger partial charge in [-0.2, -0.15) is 0 Å². The molecule has 0 unspecified atom stereocenters. The van der Waals surface area contributed by atoms with Gasteiger partial charge in [0.2, 0.25) is 0 Å². The molecule has 1 heterocycles. The molecule has 1 aromatic heterocycles. The van der Waals surface area contributed by atoms with Crippen molar-refractivity contribution in [3.63, 3.8) is 0 Å². The summed E-state index contributed by atoms with van der Waals surface area (Å²) in [7, 11) is 1.58. The van der Waals surface area contributed by atoms with Gasteiger partial charge in [-0.15, -0.1) is 10.2 Å². The summed E-state index contributed by atoms with van der Waals surface area (Å²) in [6.45, 7) is 1.62. The number of carbonyl (C=O) groups is 1. The average Bonchev–Trinajstić information content (AvgIpc) is 2.96. The minimum atomic E-state index is -0.768. The number of azo groups is 1. The Balaban J connectivity index is 1.70. The molecule has 0 bridgehead atoms. The van der Waals surface area contributed by atoms with Gasteiger partial charge in [0.25, 0.3) is 0 Å². The number of carbonyl (C=O) groups excluding carboxylic acids is 1. The Bertz CT molecular complexity index is 916. The number of anilines is 1. The van der Waals surface area contributed by atoms with Crippen LogP contribution in [0, 0.1) is 0 Å². The Labute approximate surface area is 144 Å². The molecule has 0 aliphatic carbocycles. The van der Waals surface area contributed by atoms with Crippen molar-refractivity contribution in [2.75, 3.05) is 12.8 Å². The number of amides is 1. The number of nitrogens with one attached hydrogen (secondary N) is 1. The van der Waals surface area contributed by atoms with Gasteiger partial charge in [0.15, 0.2) is 11.9 Å². The molecule has 3 aromatic rings. The van der Waals surface area contributed by atoms with E-state index in [1.807, 2.05) is 24.3 Å². The molecular formula is C18H18N4O3. The summed E-state index contributed by atoms with van der Waals surface area (Å²) in [5, 5.41) is 9.37. The molecule has 1 amide bonds. The van der Waals surface area contributed by atoms with E-state index in [4.69, 9.17) is 15.2 Å². The fraction of sp³-hybridized carbons (Fsp3) is 0.167. The number of hydrogen-bond acceptors (Lipinski definition) is 5. The molecule has 3 rings (SSSR count). The van der Waals surface area contributed by atoms with Crippen LogP contribution in [-0.4, -0.2) is 24.1 Å². The van der Waals surface area contributed by atoms with E-state index in [9.17, 15) is 4.79 Å². The number of ether oxygens (including phenoxy) is 2. The maximum atomic E-state index is 12.1. The molecule has 25 heavy (non-hydrogen) atoms. The van der Waals surface area contributed by atoms with Crippen LogP contribution in [0.4, 0.5) is 11.6 Å². The first-order valence-electron chi connectivity index (χ1n) is 7.71. The first-order valence-corrected chi connectivity index (χ1v) is 7.71. The number of H-pyrrole nitrogens is 1. The Kier molecular flexibility index (Phi) is 4.65. The Morgan fingerprint density at radius 1 is 1.08 bits per heavy atom. The number of aromatic nitrogens is 1. The highest BCUT2D eigenvalue weighted by molar-refractivity contribution is 5.99. The van der Waals surface area contributed by atoms with Crippen LogP contribution in [0.2, 0.25) is 0 Å². The zero-order chi connectivity index (χ0) is 17.8. The van der Waals surface area contributed by atoms with E-state index in [0.717, 1.165) is 10.8 Å². The molecular weight excluding hydrogens is 320 g/mol. The highest BCUT2D eigenvalue weighted by atomic mass is 16.5. The van der Waals surface area contributed by atoms with Crippen molar-refractivity contribution >= 4 is 28.3 Å². The zero-order valence-corrected chi connectivity index (χ0v) is 13.9. The number of nitrogens with zero attached hydrogens (tertiary/aromatic N) is 2. The number of rotatable bonds is 5. The fourth-order valence-electron chi connectivity index (χ4n) is 2.35. The third-order valence-corrected chi connectivity index (χ3v) is 3.69. The standard InChI is InChI=1S/C18H18N4O3/c1-11(25-13-9-7-12(24-2)8-10-13)18(23)22-21-17-15-6-4-3-5-14(15)16(19)20-17/h3-11,20H,19H2,1-2H3/t11-/m0/s1. The summed E-state index contributed by atoms with van der Waals surface area (Å²) >= 11 is 0. The number of nitrogen functional groups attached to an aromatic ring is 1. The largest absolute Gasteiger partial charge is 0.497 e. The summed E-state index contributed by atoms with van der Waals surface area (Å²) in [4.78, 5) is 15.1. The Hall–Kier alpha value is -3.35. The lowest BCUT2D eigenvalue weighted by Gasteiger charge is -2.11. The predicted octanol–water partition coefficient (Wildman–Crippen LogP) is 3.84. The van der Waals surface area contributed by atoms with Crippen LogP contribution in [-0.2, 0) is 4.79 Å². The van der Waals surface area contributed by atoms with Crippen molar-refractivity contribution in [1.82, 2.24) is 4.98 Å². The molecule has 128 valence electrons. The van der Waals surface area contributed by atoms with Crippen molar-refractivity contribution in [3.8, 4) is 11.5 Å². The molecule has 0 saturated carbocycles. The summed E-state index contributed by atoms with van der Waals surface area (Å²) in [6, 6.07) is 14.4. The van der Waals surface area contributed by atoms with Crippen LogP contribution in [0.5, 0.6) is 11.5 Å². The molecule has 3 N–H and O–H groups in total. The number of benzene rings is 2. The summed E-state index contributed by atoms with van der Waals surface area (Å²) < 4.78 is 10.6. The first-order chi connectivity index (χ1) is 12.1. The highest BCUT2D eigenvalue weighted by Gasteiger charge is 2.15. The van der Waals surface area contributed by atoms with E-state index >= 15 is 0 Å². The van der Waals surface area contributed by atoms with Gasteiger partial charge in [-0.1, -0.05) is 24.3 Å². The molecule has 2 aromatic carbocycles. The molecule has 7 nitrogen and oxygen atoms in total. The third-order valence-electron chi connectivity index (χ3n) is 3.69. The third kappa shape index (κ3) is 3.60. The van der Waals surface area contributed by atoms with Crippen LogP contribution in [0.3, 0.4) is 0 Å². The second kappa shape index (κ2) is 7.04. The van der Waals surface area contributed by atoms with Gasteiger partial charge in [0.05, 0.1) is 7.11 Å². The molecule has 0 aliphatic rings. The average molecular weight is 338 g/mol. The van der Waals surface area contributed by atoms with E-state index in [1.54, 1.807) is 38.3 Å². The predicted molar refractivity (Wildman–Crippen MR) is 95.3 cm³/mol. The van der Waals surface area contributed by atoms with E-state index in [1.165, 1.54) is 0 Å². The minimum Gasteiger partial charge on any atom is -0.497 e. The van der Waals surface area contributed by atoms with Crippen LogP contribution in [0.25, 0.3) is 10.8 Å².